The van der Waals surface area contributed by atoms with E-state index in [1.54, 1.807) is 0 Å². The Balaban J connectivity index is 1.54. The molecule has 1 aliphatic heterocycles. The van der Waals surface area contributed by atoms with Crippen LogP contribution in [-0.4, -0.2) is 51.9 Å². The van der Waals surface area contributed by atoms with Gasteiger partial charge in [0, 0.05) is 25.6 Å². The van der Waals surface area contributed by atoms with Crippen LogP contribution in [0.5, 0.6) is 0 Å². The molecule has 0 spiro atoms. The lowest BCUT2D eigenvalue weighted by Gasteiger charge is -2.26. The summed E-state index contributed by atoms with van der Waals surface area (Å²) in [6, 6.07) is 8.57. The molecule has 1 N–H and O–H groups in total. The van der Waals surface area contributed by atoms with E-state index in [1.165, 1.54) is 6.42 Å². The molecule has 1 aromatic carbocycles. The number of carbonyl (C=O) groups excluding carboxylic acids is 1. The molecule has 2 aromatic rings. The largest absolute Gasteiger partial charge is 0.343 e. The number of amides is 1. The van der Waals surface area contributed by atoms with Crippen LogP contribution in [0.3, 0.4) is 0 Å². The van der Waals surface area contributed by atoms with Gasteiger partial charge in [-0.3, -0.25) is 9.69 Å². The van der Waals surface area contributed by atoms with Crippen molar-refractivity contribution in [2.24, 2.45) is 5.92 Å². The number of para-hydroxylation sites is 2. The molecule has 5 nitrogen and oxygen atoms in total. The van der Waals surface area contributed by atoms with Gasteiger partial charge in [0.05, 0.1) is 17.6 Å². The summed E-state index contributed by atoms with van der Waals surface area (Å²) in [4.78, 5) is 24.9. The predicted molar refractivity (Wildman–Crippen MR) is 106 cm³/mol. The number of nitrogens with one attached hydrogen (secondary N) is 1. The van der Waals surface area contributed by atoms with Crippen molar-refractivity contribution in [3.8, 4) is 0 Å². The van der Waals surface area contributed by atoms with Crippen LogP contribution in [-0.2, 0) is 11.3 Å². The number of aromatic amines is 1. The van der Waals surface area contributed by atoms with E-state index in [2.05, 4.69) is 46.7 Å². The average molecular weight is 357 g/mol. The summed E-state index contributed by atoms with van der Waals surface area (Å²) < 4.78 is 0. The minimum atomic E-state index is 0.327. The van der Waals surface area contributed by atoms with Gasteiger partial charge in [0.1, 0.15) is 5.82 Å². The van der Waals surface area contributed by atoms with E-state index in [-0.39, 0.29) is 0 Å². The minimum Gasteiger partial charge on any atom is -0.343 e. The Kier molecular flexibility index (Phi) is 6.30. The average Bonchev–Trinajstić information content (AvgIpc) is 2.92. The molecule has 142 valence electrons. The molecule has 0 aliphatic carbocycles. The van der Waals surface area contributed by atoms with E-state index in [0.717, 1.165) is 55.8 Å². The Hall–Kier alpha value is -1.88. The summed E-state index contributed by atoms with van der Waals surface area (Å²) in [5, 5.41) is 0. The van der Waals surface area contributed by atoms with Crippen molar-refractivity contribution >= 4 is 16.9 Å². The van der Waals surface area contributed by atoms with Gasteiger partial charge in [0.25, 0.3) is 0 Å². The Labute approximate surface area is 156 Å². The maximum absolute atomic E-state index is 12.4. The zero-order valence-electron chi connectivity index (χ0n) is 16.4. The van der Waals surface area contributed by atoms with Gasteiger partial charge in [-0.2, -0.15) is 0 Å². The molecule has 3 rings (SSSR count). The van der Waals surface area contributed by atoms with Crippen LogP contribution in [0.25, 0.3) is 11.0 Å². The lowest BCUT2D eigenvalue weighted by atomic mass is 10.1. The van der Waals surface area contributed by atoms with Crippen LogP contribution < -0.4 is 0 Å². The molecule has 26 heavy (non-hydrogen) atoms. The first kappa shape index (κ1) is 18.9. The van der Waals surface area contributed by atoms with E-state index >= 15 is 0 Å². The fourth-order valence-corrected chi connectivity index (χ4v) is 3.84. The van der Waals surface area contributed by atoms with E-state index in [4.69, 9.17) is 0 Å². The number of hydrogen-bond acceptors (Lipinski definition) is 3. The molecule has 1 unspecified atom stereocenters. The number of benzene rings is 1. The highest BCUT2D eigenvalue weighted by molar-refractivity contribution is 5.76. The Morgan fingerprint density at radius 2 is 2.12 bits per heavy atom. The van der Waals surface area contributed by atoms with Crippen molar-refractivity contribution < 1.29 is 4.79 Å². The van der Waals surface area contributed by atoms with Gasteiger partial charge in [0.2, 0.25) is 5.91 Å². The van der Waals surface area contributed by atoms with Gasteiger partial charge in [0.15, 0.2) is 0 Å². The zero-order chi connectivity index (χ0) is 18.5. The van der Waals surface area contributed by atoms with Crippen LogP contribution in [0.2, 0.25) is 0 Å². The Morgan fingerprint density at radius 1 is 1.31 bits per heavy atom. The first-order chi connectivity index (χ1) is 12.5. The fourth-order valence-electron chi connectivity index (χ4n) is 3.84. The third-order valence-corrected chi connectivity index (χ3v) is 5.45. The van der Waals surface area contributed by atoms with Crippen LogP contribution >= 0.6 is 0 Å². The van der Waals surface area contributed by atoms with E-state index in [9.17, 15) is 4.79 Å². The third-order valence-electron chi connectivity index (χ3n) is 5.45. The maximum atomic E-state index is 12.4. The highest BCUT2D eigenvalue weighted by atomic mass is 16.2. The minimum absolute atomic E-state index is 0.327. The molecular formula is C21H32N4O. The second-order valence-corrected chi connectivity index (χ2v) is 8.01. The SMILES string of the molecule is CC(C)CCCN1CCC(N(C)Cc2nc3ccccc3[nH]2)CCC1=O. The number of imidazole rings is 1. The molecule has 0 bridgehead atoms. The molecule has 1 atom stereocenters. The van der Waals surface area contributed by atoms with Crippen LogP contribution in [0.4, 0.5) is 0 Å². The monoisotopic (exact) mass is 356 g/mol. The summed E-state index contributed by atoms with van der Waals surface area (Å²) in [6.45, 7) is 7.07. The molecule has 1 saturated heterocycles. The van der Waals surface area contributed by atoms with E-state index in [1.807, 2.05) is 18.2 Å². The molecule has 2 heterocycles. The first-order valence-corrected chi connectivity index (χ1v) is 9.94. The number of rotatable bonds is 7. The van der Waals surface area contributed by atoms with Gasteiger partial charge >= 0.3 is 0 Å². The topological polar surface area (TPSA) is 52.2 Å². The third kappa shape index (κ3) is 4.85. The number of carbonyl (C=O) groups is 1. The summed E-state index contributed by atoms with van der Waals surface area (Å²) in [5.74, 6) is 2.03. The van der Waals surface area contributed by atoms with Crippen LogP contribution in [0, 0.1) is 5.92 Å². The van der Waals surface area contributed by atoms with Crippen molar-refractivity contribution in [1.29, 1.82) is 0 Å². The van der Waals surface area contributed by atoms with Crippen molar-refractivity contribution in [3.05, 3.63) is 30.1 Å². The highest BCUT2D eigenvalue weighted by Crippen LogP contribution is 2.20. The Morgan fingerprint density at radius 3 is 2.88 bits per heavy atom. The Bertz CT molecular complexity index is 691. The second-order valence-electron chi connectivity index (χ2n) is 8.01. The fraction of sp³-hybridized carbons (Fsp3) is 0.619. The molecule has 1 amide bonds. The summed E-state index contributed by atoms with van der Waals surface area (Å²) in [6.07, 6.45) is 4.96. The number of hydrogen-bond donors (Lipinski definition) is 1. The van der Waals surface area contributed by atoms with Crippen molar-refractivity contribution in [2.45, 2.75) is 58.5 Å². The summed E-state index contributed by atoms with van der Waals surface area (Å²) >= 11 is 0. The standard InChI is InChI=1S/C21H32N4O/c1-16(2)7-6-13-25-14-12-17(10-11-21(25)26)24(3)15-20-22-18-8-4-5-9-19(18)23-20/h4-5,8-9,16-17H,6-7,10-15H2,1-3H3,(H,22,23). The van der Waals surface area contributed by atoms with Crippen molar-refractivity contribution in [3.63, 3.8) is 0 Å². The predicted octanol–water partition coefficient (Wildman–Crippen LogP) is 3.81. The molecule has 5 heteroatoms. The van der Waals surface area contributed by atoms with Crippen molar-refractivity contribution in [2.75, 3.05) is 20.1 Å². The van der Waals surface area contributed by atoms with Crippen molar-refractivity contribution in [1.82, 2.24) is 19.8 Å². The first-order valence-electron chi connectivity index (χ1n) is 9.94. The molecule has 0 radical (unpaired) electrons. The summed E-state index contributed by atoms with van der Waals surface area (Å²) in [5.41, 5.74) is 2.10. The normalized spacial score (nSPS) is 18.9. The summed E-state index contributed by atoms with van der Waals surface area (Å²) in [7, 11) is 2.15. The zero-order valence-corrected chi connectivity index (χ0v) is 16.4. The molecule has 1 aliphatic rings. The van der Waals surface area contributed by atoms with Gasteiger partial charge in [-0.15, -0.1) is 0 Å². The van der Waals surface area contributed by atoms with Gasteiger partial charge in [-0.1, -0.05) is 26.0 Å². The molecule has 1 fully saturated rings. The number of fused-ring (bicyclic) bond motifs is 1. The van der Waals surface area contributed by atoms with Gasteiger partial charge in [-0.05, 0) is 50.8 Å². The lowest BCUT2D eigenvalue weighted by molar-refractivity contribution is -0.130. The maximum Gasteiger partial charge on any atom is 0.222 e. The second kappa shape index (κ2) is 8.67. The van der Waals surface area contributed by atoms with Gasteiger partial charge in [-0.25, -0.2) is 4.98 Å². The number of H-pyrrole nitrogens is 1. The smallest absolute Gasteiger partial charge is 0.222 e. The van der Waals surface area contributed by atoms with E-state index < -0.39 is 0 Å². The number of likely N-dealkylation sites (tertiary alicyclic amines) is 1. The quantitative estimate of drug-likeness (QED) is 0.821. The van der Waals surface area contributed by atoms with Crippen LogP contribution in [0.1, 0.15) is 51.8 Å². The van der Waals surface area contributed by atoms with Gasteiger partial charge < -0.3 is 9.88 Å². The van der Waals surface area contributed by atoms with E-state index in [0.29, 0.717) is 24.3 Å². The lowest BCUT2D eigenvalue weighted by Crippen LogP contribution is -2.34. The molecule has 0 saturated carbocycles. The number of nitrogens with zero attached hydrogens (tertiary/aromatic N) is 3. The number of aromatic nitrogens is 2. The van der Waals surface area contributed by atoms with Crippen LogP contribution in [0.15, 0.2) is 24.3 Å². The highest BCUT2D eigenvalue weighted by Gasteiger charge is 2.25. The molecule has 1 aromatic heterocycles. The molecular weight excluding hydrogens is 324 g/mol.